The molecule has 0 saturated carbocycles. The maximum atomic E-state index is 8.84. The van der Waals surface area contributed by atoms with Gasteiger partial charge in [0, 0.05) is 22.6 Å². The highest BCUT2D eigenvalue weighted by molar-refractivity contribution is 5.44. The summed E-state index contributed by atoms with van der Waals surface area (Å²) >= 11 is 0. The molecule has 1 heterocycles. The van der Waals surface area contributed by atoms with E-state index in [4.69, 9.17) is 5.26 Å². The number of nitrogens with one attached hydrogen (secondary N) is 1. The number of aromatic nitrogens is 2. The van der Waals surface area contributed by atoms with E-state index in [1.54, 1.807) is 0 Å². The molecule has 0 radical (unpaired) electrons. The van der Waals surface area contributed by atoms with Gasteiger partial charge >= 0.3 is 0 Å². The summed E-state index contributed by atoms with van der Waals surface area (Å²) in [6.07, 6.45) is 3.02. The number of rotatable bonds is 1. The van der Waals surface area contributed by atoms with E-state index in [1.807, 2.05) is 18.3 Å². The number of fused-ring (bicyclic) bond motifs is 1. The van der Waals surface area contributed by atoms with Crippen molar-refractivity contribution in [2.45, 2.75) is 31.6 Å². The average molecular weight is 237 g/mol. The fraction of sp³-hybridized carbons (Fsp3) is 0.333. The molecule has 0 spiro atoms. The molecule has 3 rings (SSSR count). The smallest absolute Gasteiger partial charge is 0.0991 e. The predicted molar refractivity (Wildman–Crippen MR) is 69.2 cm³/mol. The normalized spacial score (nSPS) is 20.4. The van der Waals surface area contributed by atoms with E-state index in [1.165, 1.54) is 16.8 Å². The van der Waals surface area contributed by atoms with Crippen molar-refractivity contribution in [1.29, 1.82) is 5.26 Å². The van der Waals surface area contributed by atoms with E-state index >= 15 is 0 Å². The second kappa shape index (κ2) is 3.71. The molecule has 1 aromatic carbocycles. The molecule has 1 N–H and O–H groups in total. The van der Waals surface area contributed by atoms with Gasteiger partial charge < -0.3 is 0 Å². The summed E-state index contributed by atoms with van der Waals surface area (Å²) < 4.78 is 0. The summed E-state index contributed by atoms with van der Waals surface area (Å²) in [4.78, 5) is 0. The molecule has 1 atom stereocenters. The summed E-state index contributed by atoms with van der Waals surface area (Å²) in [6.45, 7) is 4.49. The largest absolute Gasteiger partial charge is 0.282 e. The first-order valence-corrected chi connectivity index (χ1v) is 6.15. The standard InChI is InChI=1S/C15H15N3/c1-15(2)7-12(13-9-17-18-14(13)15)11-5-3-10(8-16)4-6-11/h3-6,9,12H,7H2,1-2H3,(H,17,18)/t12-/m1/s1. The van der Waals surface area contributed by atoms with Gasteiger partial charge in [0.2, 0.25) is 0 Å². The quantitative estimate of drug-likeness (QED) is 0.828. The van der Waals surface area contributed by atoms with Crippen LogP contribution in [0.3, 0.4) is 0 Å². The van der Waals surface area contributed by atoms with Crippen molar-refractivity contribution in [3.05, 3.63) is 52.8 Å². The van der Waals surface area contributed by atoms with E-state index in [2.05, 4.69) is 42.2 Å². The first kappa shape index (κ1) is 11.0. The van der Waals surface area contributed by atoms with Gasteiger partial charge in [0.1, 0.15) is 0 Å². The molecule has 1 aromatic heterocycles. The molecule has 3 nitrogen and oxygen atoms in total. The maximum absolute atomic E-state index is 8.84. The molecular weight excluding hydrogens is 222 g/mol. The summed E-state index contributed by atoms with van der Waals surface area (Å²) in [6, 6.07) is 10.0. The van der Waals surface area contributed by atoms with Crippen molar-refractivity contribution in [3.8, 4) is 6.07 Å². The van der Waals surface area contributed by atoms with Gasteiger partial charge in [0.05, 0.1) is 17.8 Å². The highest BCUT2D eigenvalue weighted by atomic mass is 15.1. The van der Waals surface area contributed by atoms with Crippen molar-refractivity contribution >= 4 is 0 Å². The maximum Gasteiger partial charge on any atom is 0.0991 e. The van der Waals surface area contributed by atoms with E-state index in [0.29, 0.717) is 11.5 Å². The van der Waals surface area contributed by atoms with Gasteiger partial charge in [-0.25, -0.2) is 0 Å². The molecule has 90 valence electrons. The first-order valence-electron chi connectivity index (χ1n) is 6.15. The van der Waals surface area contributed by atoms with Crippen LogP contribution in [0.4, 0.5) is 0 Å². The van der Waals surface area contributed by atoms with Crippen molar-refractivity contribution in [2.75, 3.05) is 0 Å². The lowest BCUT2D eigenvalue weighted by atomic mass is 9.86. The van der Waals surface area contributed by atoms with Crippen LogP contribution >= 0.6 is 0 Å². The van der Waals surface area contributed by atoms with Crippen LogP contribution in [0, 0.1) is 11.3 Å². The highest BCUT2D eigenvalue weighted by Gasteiger charge is 2.39. The van der Waals surface area contributed by atoms with Crippen molar-refractivity contribution in [3.63, 3.8) is 0 Å². The fourth-order valence-corrected chi connectivity index (χ4v) is 2.91. The number of nitrogens with zero attached hydrogens (tertiary/aromatic N) is 2. The predicted octanol–water partition coefficient (Wildman–Crippen LogP) is 3.09. The van der Waals surface area contributed by atoms with Crippen molar-refractivity contribution < 1.29 is 0 Å². The van der Waals surface area contributed by atoms with Crippen molar-refractivity contribution in [2.24, 2.45) is 0 Å². The minimum absolute atomic E-state index is 0.143. The zero-order valence-electron chi connectivity index (χ0n) is 10.6. The van der Waals surface area contributed by atoms with Crippen molar-refractivity contribution in [1.82, 2.24) is 10.2 Å². The SMILES string of the molecule is CC1(C)C[C@H](c2ccc(C#N)cc2)c2cn[nH]c21. The molecule has 18 heavy (non-hydrogen) atoms. The average Bonchev–Trinajstić information content (AvgIpc) is 2.93. The molecule has 0 amide bonds. The third-order valence-electron chi connectivity index (χ3n) is 3.88. The zero-order valence-corrected chi connectivity index (χ0v) is 10.6. The minimum Gasteiger partial charge on any atom is -0.282 e. The summed E-state index contributed by atoms with van der Waals surface area (Å²) in [5, 5.41) is 16.1. The molecule has 0 bridgehead atoms. The fourth-order valence-electron chi connectivity index (χ4n) is 2.91. The lowest BCUT2D eigenvalue weighted by Gasteiger charge is -2.18. The number of benzene rings is 1. The van der Waals surface area contributed by atoms with Gasteiger partial charge in [-0.15, -0.1) is 0 Å². The highest BCUT2D eigenvalue weighted by Crippen LogP contribution is 2.47. The Balaban J connectivity index is 2.02. The topological polar surface area (TPSA) is 52.5 Å². The molecule has 0 saturated heterocycles. The van der Waals surface area contributed by atoms with Crippen LogP contribution in [0.15, 0.2) is 30.5 Å². The summed E-state index contributed by atoms with van der Waals surface area (Å²) in [5.41, 5.74) is 4.66. The lowest BCUT2D eigenvalue weighted by molar-refractivity contribution is 0.483. The van der Waals surface area contributed by atoms with Gasteiger partial charge in [0.15, 0.2) is 0 Å². The summed E-state index contributed by atoms with van der Waals surface area (Å²) in [7, 11) is 0. The van der Waals surface area contributed by atoms with Gasteiger partial charge in [0.25, 0.3) is 0 Å². The van der Waals surface area contributed by atoms with E-state index in [9.17, 15) is 0 Å². The number of aromatic amines is 1. The van der Waals surface area contributed by atoms with Gasteiger partial charge in [-0.2, -0.15) is 10.4 Å². The lowest BCUT2D eigenvalue weighted by Crippen LogP contribution is -2.14. The molecule has 1 aliphatic rings. The van der Waals surface area contributed by atoms with Crippen LogP contribution in [-0.2, 0) is 5.41 Å². The van der Waals surface area contributed by atoms with Gasteiger partial charge in [-0.3, -0.25) is 5.10 Å². The number of hydrogen-bond acceptors (Lipinski definition) is 2. The molecular formula is C15H15N3. The third kappa shape index (κ3) is 1.53. The van der Waals surface area contributed by atoms with E-state index < -0.39 is 0 Å². The Morgan fingerprint density at radius 3 is 2.72 bits per heavy atom. The van der Waals surface area contributed by atoms with Crippen LogP contribution in [0.2, 0.25) is 0 Å². The Labute approximate surface area is 106 Å². The van der Waals surface area contributed by atoms with E-state index in [0.717, 1.165) is 6.42 Å². The zero-order chi connectivity index (χ0) is 12.8. The molecule has 3 heteroatoms. The third-order valence-corrected chi connectivity index (χ3v) is 3.88. The Hall–Kier alpha value is -2.08. The molecule has 1 aliphatic carbocycles. The number of nitriles is 1. The molecule has 0 aliphatic heterocycles. The van der Waals surface area contributed by atoms with E-state index in [-0.39, 0.29) is 5.41 Å². The Bertz CT molecular complexity index is 614. The molecule has 0 fully saturated rings. The Kier molecular flexibility index (Phi) is 2.27. The molecule has 2 aromatic rings. The number of H-pyrrole nitrogens is 1. The molecule has 0 unspecified atom stereocenters. The van der Waals surface area contributed by atoms with Crippen LogP contribution in [-0.4, -0.2) is 10.2 Å². The van der Waals surface area contributed by atoms with Gasteiger partial charge in [-0.1, -0.05) is 26.0 Å². The Morgan fingerprint density at radius 2 is 2.06 bits per heavy atom. The Morgan fingerprint density at radius 1 is 1.33 bits per heavy atom. The minimum atomic E-state index is 0.143. The second-order valence-electron chi connectivity index (χ2n) is 5.57. The van der Waals surface area contributed by atoms with Crippen LogP contribution in [0.25, 0.3) is 0 Å². The summed E-state index contributed by atoms with van der Waals surface area (Å²) in [5.74, 6) is 0.390. The van der Waals surface area contributed by atoms with Crippen LogP contribution in [0.5, 0.6) is 0 Å². The first-order chi connectivity index (χ1) is 8.62. The van der Waals surface area contributed by atoms with Gasteiger partial charge in [-0.05, 0) is 24.1 Å². The van der Waals surface area contributed by atoms with Crippen LogP contribution in [0.1, 0.15) is 48.6 Å². The number of hydrogen-bond donors (Lipinski definition) is 1. The monoisotopic (exact) mass is 237 g/mol. The van der Waals surface area contributed by atoms with Crippen LogP contribution < -0.4 is 0 Å². The second-order valence-corrected chi connectivity index (χ2v) is 5.57.